The Balaban J connectivity index is 3.31. The van der Waals surface area contributed by atoms with E-state index >= 15 is 0 Å². The third-order valence-electron chi connectivity index (χ3n) is 2.49. The van der Waals surface area contributed by atoms with Crippen LogP contribution in [-0.2, 0) is 23.1 Å². The molecular weight excluding hydrogens is 315 g/mol. The lowest BCUT2D eigenvalue weighted by Gasteiger charge is -2.19. The first kappa shape index (κ1) is 17.9. The maximum absolute atomic E-state index is 12.8. The molecule has 0 saturated carbocycles. The second kappa shape index (κ2) is 8.35. The van der Waals surface area contributed by atoms with Gasteiger partial charge < -0.3 is 13.8 Å². The Morgan fingerprint density at radius 1 is 1.29 bits per heavy atom. The maximum atomic E-state index is 12.8. The van der Waals surface area contributed by atoms with Crippen molar-refractivity contribution >= 4 is 36.5 Å². The van der Waals surface area contributed by atoms with Crippen molar-refractivity contribution < 1.29 is 23.1 Å². The Morgan fingerprint density at radius 2 is 1.90 bits per heavy atom. The van der Waals surface area contributed by atoms with Crippen LogP contribution in [0.15, 0.2) is 24.3 Å². The summed E-state index contributed by atoms with van der Waals surface area (Å²) < 4.78 is 28.0. The Labute approximate surface area is 129 Å². The van der Waals surface area contributed by atoms with Crippen molar-refractivity contribution in [1.29, 1.82) is 0 Å². The summed E-state index contributed by atoms with van der Waals surface area (Å²) in [4.78, 5) is 11.2. The van der Waals surface area contributed by atoms with Crippen molar-refractivity contribution in [1.82, 2.24) is 0 Å². The highest BCUT2D eigenvalue weighted by Gasteiger charge is 2.29. The van der Waals surface area contributed by atoms with Crippen LogP contribution in [0.5, 0.6) is 0 Å². The van der Waals surface area contributed by atoms with Gasteiger partial charge in [0.1, 0.15) is 0 Å². The zero-order chi connectivity index (χ0) is 15.9. The second-order valence-electron chi connectivity index (χ2n) is 3.89. The topological polar surface area (TPSA) is 61.8 Å². The van der Waals surface area contributed by atoms with Crippen molar-refractivity contribution in [3.05, 3.63) is 34.9 Å². The molecule has 0 aliphatic heterocycles. The van der Waals surface area contributed by atoms with Crippen molar-refractivity contribution in [3.8, 4) is 0 Å². The number of methoxy groups -OCH3 is 1. The maximum Gasteiger partial charge on any atom is 0.361 e. The van der Waals surface area contributed by atoms with E-state index in [0.29, 0.717) is 15.9 Å². The number of carbonyl (C=O) groups is 1. The second-order valence-corrected chi connectivity index (χ2v) is 6.32. The molecule has 0 radical (unpaired) electrons. The number of hydrogen-bond donors (Lipinski definition) is 0. The van der Waals surface area contributed by atoms with Gasteiger partial charge in [0.15, 0.2) is 0 Å². The van der Waals surface area contributed by atoms with Gasteiger partial charge in [-0.05, 0) is 37.6 Å². The van der Waals surface area contributed by atoms with Crippen LogP contribution < -0.4 is 5.30 Å². The van der Waals surface area contributed by atoms with E-state index in [9.17, 15) is 9.36 Å². The Bertz CT molecular complexity index is 560. The van der Waals surface area contributed by atoms with E-state index in [0.717, 1.165) is 0 Å². The summed E-state index contributed by atoms with van der Waals surface area (Å²) in [5.74, 6) is -0.515. The molecule has 21 heavy (non-hydrogen) atoms. The molecule has 1 aromatic carbocycles. The zero-order valence-corrected chi connectivity index (χ0v) is 13.8. The summed E-state index contributed by atoms with van der Waals surface area (Å²) in [5, 5.41) is 0.721. The molecule has 0 aliphatic rings. The summed E-state index contributed by atoms with van der Waals surface area (Å²) in [6, 6.07) is 4.79. The summed E-state index contributed by atoms with van der Waals surface area (Å²) in [5.41, 5.74) is 0.523. The molecule has 0 heterocycles. The highest BCUT2D eigenvalue weighted by molar-refractivity contribution is 7.62. The number of ether oxygens (including phenoxy) is 1. The van der Waals surface area contributed by atoms with Crippen molar-refractivity contribution in [3.63, 3.8) is 0 Å². The molecule has 0 saturated heterocycles. The van der Waals surface area contributed by atoms with Gasteiger partial charge in [-0.2, -0.15) is 0 Å². The van der Waals surface area contributed by atoms with Gasteiger partial charge in [-0.1, -0.05) is 17.7 Å². The van der Waals surface area contributed by atoms with Gasteiger partial charge in [0.05, 0.1) is 25.6 Å². The fourth-order valence-electron chi connectivity index (χ4n) is 1.64. The molecule has 0 amide bonds. The highest BCUT2D eigenvalue weighted by atomic mass is 35.5. The average Bonchev–Trinajstić information content (AvgIpc) is 2.46. The Kier molecular flexibility index (Phi) is 7.12. The molecule has 1 aromatic rings. The monoisotopic (exact) mass is 332 g/mol. The smallest absolute Gasteiger partial charge is 0.361 e. The highest BCUT2D eigenvalue weighted by Crippen LogP contribution is 2.48. The largest absolute Gasteiger partial charge is 0.466 e. The van der Waals surface area contributed by atoms with Gasteiger partial charge in [-0.25, -0.2) is 4.79 Å². The first-order valence-electron chi connectivity index (χ1n) is 6.42. The van der Waals surface area contributed by atoms with E-state index in [1.807, 2.05) is 0 Å². The molecule has 5 nitrogen and oxygen atoms in total. The van der Waals surface area contributed by atoms with E-state index in [4.69, 9.17) is 20.6 Å². The fraction of sp³-hybridized carbons (Fsp3) is 0.357. The molecule has 0 bridgehead atoms. The minimum absolute atomic E-state index is 0.226. The normalized spacial score (nSPS) is 11.8. The molecule has 0 spiro atoms. The van der Waals surface area contributed by atoms with Crippen molar-refractivity contribution in [2.45, 2.75) is 13.8 Å². The number of halogens is 1. The van der Waals surface area contributed by atoms with Crippen LogP contribution in [0.2, 0.25) is 5.02 Å². The van der Waals surface area contributed by atoms with E-state index < -0.39 is 13.6 Å². The summed E-state index contributed by atoms with van der Waals surface area (Å²) >= 11 is 5.97. The summed E-state index contributed by atoms with van der Waals surface area (Å²) in [6.45, 7) is 3.90. The molecule has 116 valence electrons. The average molecular weight is 333 g/mol. The number of esters is 1. The first-order valence-corrected chi connectivity index (χ1v) is 8.34. The van der Waals surface area contributed by atoms with Crippen LogP contribution in [0, 0.1) is 0 Å². The number of carbonyl (C=O) groups excluding carboxylic acids is 1. The van der Waals surface area contributed by atoms with Crippen molar-refractivity contribution in [2.75, 3.05) is 20.3 Å². The van der Waals surface area contributed by atoms with Gasteiger partial charge >= 0.3 is 13.6 Å². The Hall–Kier alpha value is -1.13. The third kappa shape index (κ3) is 4.97. The lowest BCUT2D eigenvalue weighted by Crippen LogP contribution is -2.14. The predicted molar refractivity (Wildman–Crippen MR) is 83.0 cm³/mol. The predicted octanol–water partition coefficient (Wildman–Crippen LogP) is 3.42. The fourth-order valence-corrected chi connectivity index (χ4v) is 3.68. The molecular formula is C14H18ClO5P. The summed E-state index contributed by atoms with van der Waals surface area (Å²) in [6.07, 6.45) is 2.72. The molecule has 0 atom stereocenters. The standard InChI is InChI=1S/C14H18ClO5P/c1-4-19-21(17,20-5-2)13-10-12(15)8-6-11(13)7-9-14(16)18-3/h6-10H,4-5H2,1-3H3/b9-7+. The van der Waals surface area contributed by atoms with E-state index in [1.165, 1.54) is 25.3 Å². The first-order chi connectivity index (χ1) is 9.96. The van der Waals surface area contributed by atoms with Gasteiger partial charge in [-0.3, -0.25) is 4.57 Å². The molecule has 0 aliphatic carbocycles. The van der Waals surface area contributed by atoms with Crippen molar-refractivity contribution in [2.24, 2.45) is 0 Å². The van der Waals surface area contributed by atoms with Crippen LogP contribution in [0.25, 0.3) is 6.08 Å². The number of benzene rings is 1. The zero-order valence-electron chi connectivity index (χ0n) is 12.2. The minimum atomic E-state index is -3.49. The van der Waals surface area contributed by atoms with Crippen LogP contribution in [0.3, 0.4) is 0 Å². The molecule has 0 aromatic heterocycles. The minimum Gasteiger partial charge on any atom is -0.466 e. The third-order valence-corrected chi connectivity index (χ3v) is 4.89. The van der Waals surface area contributed by atoms with E-state index in [1.54, 1.807) is 26.0 Å². The van der Waals surface area contributed by atoms with E-state index in [2.05, 4.69) is 4.74 Å². The van der Waals surface area contributed by atoms with Gasteiger partial charge in [-0.15, -0.1) is 0 Å². The summed E-state index contributed by atoms with van der Waals surface area (Å²) in [7, 11) is -2.21. The molecule has 0 unspecified atom stereocenters. The Morgan fingerprint density at radius 3 is 2.43 bits per heavy atom. The lowest BCUT2D eigenvalue weighted by molar-refractivity contribution is -0.134. The molecule has 0 fully saturated rings. The van der Waals surface area contributed by atoms with Crippen LogP contribution >= 0.6 is 19.2 Å². The van der Waals surface area contributed by atoms with Gasteiger partial charge in [0.25, 0.3) is 0 Å². The van der Waals surface area contributed by atoms with Crippen LogP contribution in [-0.4, -0.2) is 26.3 Å². The van der Waals surface area contributed by atoms with Crippen LogP contribution in [0.4, 0.5) is 0 Å². The van der Waals surface area contributed by atoms with Gasteiger partial charge in [0, 0.05) is 11.1 Å². The quantitative estimate of drug-likeness (QED) is 0.435. The lowest BCUT2D eigenvalue weighted by atomic mass is 10.2. The van der Waals surface area contributed by atoms with Gasteiger partial charge in [0.2, 0.25) is 0 Å². The van der Waals surface area contributed by atoms with E-state index in [-0.39, 0.29) is 13.2 Å². The SMILES string of the molecule is CCOP(=O)(OCC)c1cc(Cl)ccc1/C=C/C(=O)OC. The molecule has 1 rings (SSSR count). The number of rotatable bonds is 7. The molecule has 0 N–H and O–H groups in total. The molecule has 7 heteroatoms. The number of hydrogen-bond acceptors (Lipinski definition) is 5. The van der Waals surface area contributed by atoms with Crippen LogP contribution in [0.1, 0.15) is 19.4 Å².